The largest absolute Gasteiger partial charge is 0.395 e. The summed E-state index contributed by atoms with van der Waals surface area (Å²) in [5.74, 6) is 0.793. The van der Waals surface area contributed by atoms with Crippen LogP contribution in [0.25, 0.3) is 0 Å². The van der Waals surface area contributed by atoms with E-state index in [0.717, 1.165) is 18.8 Å². The van der Waals surface area contributed by atoms with E-state index in [2.05, 4.69) is 17.6 Å². The third-order valence-electron chi connectivity index (χ3n) is 2.31. The second kappa shape index (κ2) is 5.19. The van der Waals surface area contributed by atoms with Crippen molar-refractivity contribution in [3.63, 3.8) is 0 Å². The van der Waals surface area contributed by atoms with E-state index < -0.39 is 0 Å². The van der Waals surface area contributed by atoms with E-state index in [0.29, 0.717) is 19.1 Å². The van der Waals surface area contributed by atoms with Crippen LogP contribution in [0.3, 0.4) is 0 Å². The molecular formula is C9H18N2O2. The van der Waals surface area contributed by atoms with Gasteiger partial charge in [0.25, 0.3) is 0 Å². The smallest absolute Gasteiger partial charge is 0.234 e. The fourth-order valence-electron chi connectivity index (χ4n) is 1.58. The number of carbonyl (C=O) groups is 1. The molecule has 1 aliphatic carbocycles. The van der Waals surface area contributed by atoms with Gasteiger partial charge in [-0.3, -0.25) is 4.79 Å². The summed E-state index contributed by atoms with van der Waals surface area (Å²) in [4.78, 5) is 11.2. The second-order valence-electron chi connectivity index (χ2n) is 3.74. The van der Waals surface area contributed by atoms with Crippen molar-refractivity contribution in [1.82, 2.24) is 10.6 Å². The normalized spacial score (nSPS) is 26.6. The summed E-state index contributed by atoms with van der Waals surface area (Å²) in [6, 6.07) is 0.387. The summed E-state index contributed by atoms with van der Waals surface area (Å²) in [7, 11) is 0. The summed E-state index contributed by atoms with van der Waals surface area (Å²) in [6.07, 6.45) is 2.21. The molecule has 1 saturated carbocycles. The van der Waals surface area contributed by atoms with Crippen LogP contribution in [-0.2, 0) is 4.79 Å². The molecule has 0 saturated heterocycles. The Kier molecular flexibility index (Phi) is 4.18. The molecule has 1 amide bonds. The van der Waals surface area contributed by atoms with Gasteiger partial charge in [0.1, 0.15) is 0 Å². The van der Waals surface area contributed by atoms with E-state index in [-0.39, 0.29) is 12.5 Å². The Morgan fingerprint density at radius 3 is 2.77 bits per heavy atom. The monoisotopic (exact) mass is 186 g/mol. The summed E-state index contributed by atoms with van der Waals surface area (Å²) in [5.41, 5.74) is 0. The average molecular weight is 186 g/mol. The van der Waals surface area contributed by atoms with Crippen LogP contribution in [0.4, 0.5) is 0 Å². The first kappa shape index (κ1) is 10.5. The van der Waals surface area contributed by atoms with Crippen LogP contribution >= 0.6 is 0 Å². The molecule has 0 spiro atoms. The standard InChI is InChI=1S/C9H18N2O2/c1-7-4-8(5-7)11-9(13)6-10-2-3-12/h7-8,10,12H,2-6H2,1H3,(H,11,13). The Morgan fingerprint density at radius 1 is 1.54 bits per heavy atom. The molecular weight excluding hydrogens is 168 g/mol. The Bertz CT molecular complexity index is 167. The van der Waals surface area contributed by atoms with E-state index in [1.807, 2.05) is 0 Å². The molecule has 3 N–H and O–H groups in total. The highest BCUT2D eigenvalue weighted by Gasteiger charge is 2.26. The third-order valence-corrected chi connectivity index (χ3v) is 2.31. The minimum absolute atomic E-state index is 0.0327. The first-order chi connectivity index (χ1) is 6.22. The van der Waals surface area contributed by atoms with Crippen LogP contribution in [0.15, 0.2) is 0 Å². The number of rotatable bonds is 5. The van der Waals surface area contributed by atoms with Crippen molar-refractivity contribution >= 4 is 5.91 Å². The summed E-state index contributed by atoms with van der Waals surface area (Å²) >= 11 is 0. The number of carbonyl (C=O) groups excluding carboxylic acids is 1. The number of amides is 1. The highest BCUT2D eigenvalue weighted by Crippen LogP contribution is 2.25. The maximum Gasteiger partial charge on any atom is 0.234 e. The molecule has 0 aromatic carbocycles. The van der Waals surface area contributed by atoms with Crippen LogP contribution in [-0.4, -0.2) is 36.8 Å². The number of aliphatic hydroxyl groups is 1. The lowest BCUT2D eigenvalue weighted by Gasteiger charge is -2.33. The second-order valence-corrected chi connectivity index (χ2v) is 3.74. The van der Waals surface area contributed by atoms with Gasteiger partial charge in [-0.1, -0.05) is 6.92 Å². The molecule has 4 nitrogen and oxygen atoms in total. The van der Waals surface area contributed by atoms with Gasteiger partial charge in [0, 0.05) is 12.6 Å². The molecule has 0 aromatic rings. The van der Waals surface area contributed by atoms with Gasteiger partial charge in [-0.25, -0.2) is 0 Å². The van der Waals surface area contributed by atoms with Gasteiger partial charge in [0.05, 0.1) is 13.2 Å². The van der Waals surface area contributed by atoms with Crippen LogP contribution in [0, 0.1) is 5.92 Å². The lowest BCUT2D eigenvalue weighted by molar-refractivity contribution is -0.121. The molecule has 0 aliphatic heterocycles. The maximum absolute atomic E-state index is 11.2. The van der Waals surface area contributed by atoms with Crippen molar-refractivity contribution < 1.29 is 9.90 Å². The third kappa shape index (κ3) is 3.74. The number of hydrogen-bond acceptors (Lipinski definition) is 3. The zero-order chi connectivity index (χ0) is 9.68. The van der Waals surface area contributed by atoms with E-state index in [4.69, 9.17) is 5.11 Å². The number of aliphatic hydroxyl groups excluding tert-OH is 1. The Labute approximate surface area is 78.7 Å². The topological polar surface area (TPSA) is 61.4 Å². The average Bonchev–Trinajstić information content (AvgIpc) is 2.02. The van der Waals surface area contributed by atoms with Crippen molar-refractivity contribution in [2.75, 3.05) is 19.7 Å². The van der Waals surface area contributed by atoms with Crippen LogP contribution in [0.1, 0.15) is 19.8 Å². The van der Waals surface area contributed by atoms with Crippen molar-refractivity contribution in [3.05, 3.63) is 0 Å². The molecule has 0 unspecified atom stereocenters. The summed E-state index contributed by atoms with van der Waals surface area (Å²) in [5, 5.41) is 14.2. The molecule has 0 aromatic heterocycles. The minimum Gasteiger partial charge on any atom is -0.395 e. The Balaban J connectivity index is 1.98. The molecule has 1 aliphatic rings. The van der Waals surface area contributed by atoms with Gasteiger partial charge in [0.2, 0.25) is 5.91 Å². The molecule has 0 radical (unpaired) electrons. The van der Waals surface area contributed by atoms with Crippen LogP contribution in [0.5, 0.6) is 0 Å². The van der Waals surface area contributed by atoms with E-state index in [1.54, 1.807) is 0 Å². The van der Waals surface area contributed by atoms with Gasteiger partial charge >= 0.3 is 0 Å². The predicted molar refractivity (Wildman–Crippen MR) is 50.3 cm³/mol. The number of nitrogens with one attached hydrogen (secondary N) is 2. The first-order valence-corrected chi connectivity index (χ1v) is 4.83. The fourth-order valence-corrected chi connectivity index (χ4v) is 1.58. The zero-order valence-corrected chi connectivity index (χ0v) is 8.05. The molecule has 0 bridgehead atoms. The van der Waals surface area contributed by atoms with Crippen LogP contribution < -0.4 is 10.6 Å². The van der Waals surface area contributed by atoms with Crippen molar-refractivity contribution in [2.24, 2.45) is 5.92 Å². The lowest BCUT2D eigenvalue weighted by atomic mass is 9.82. The number of hydrogen-bond donors (Lipinski definition) is 3. The Morgan fingerprint density at radius 2 is 2.23 bits per heavy atom. The molecule has 0 atom stereocenters. The minimum atomic E-state index is 0.0327. The van der Waals surface area contributed by atoms with Crippen LogP contribution in [0.2, 0.25) is 0 Å². The molecule has 76 valence electrons. The van der Waals surface area contributed by atoms with E-state index in [9.17, 15) is 4.79 Å². The van der Waals surface area contributed by atoms with Gasteiger partial charge < -0.3 is 15.7 Å². The summed E-state index contributed by atoms with van der Waals surface area (Å²) < 4.78 is 0. The Hall–Kier alpha value is -0.610. The van der Waals surface area contributed by atoms with Crippen molar-refractivity contribution in [3.8, 4) is 0 Å². The van der Waals surface area contributed by atoms with E-state index in [1.165, 1.54) is 0 Å². The SMILES string of the molecule is CC1CC(NC(=O)CNCCO)C1. The lowest BCUT2D eigenvalue weighted by Crippen LogP contribution is -2.46. The summed E-state index contributed by atoms with van der Waals surface area (Å²) in [6.45, 7) is 3.06. The van der Waals surface area contributed by atoms with Gasteiger partial charge in [-0.05, 0) is 18.8 Å². The molecule has 4 heteroatoms. The fraction of sp³-hybridized carbons (Fsp3) is 0.889. The van der Waals surface area contributed by atoms with Crippen molar-refractivity contribution in [2.45, 2.75) is 25.8 Å². The van der Waals surface area contributed by atoms with Crippen molar-refractivity contribution in [1.29, 1.82) is 0 Å². The van der Waals surface area contributed by atoms with Gasteiger partial charge in [-0.15, -0.1) is 0 Å². The zero-order valence-electron chi connectivity index (χ0n) is 8.05. The van der Waals surface area contributed by atoms with Gasteiger partial charge in [-0.2, -0.15) is 0 Å². The maximum atomic E-state index is 11.2. The quantitative estimate of drug-likeness (QED) is 0.506. The van der Waals surface area contributed by atoms with Gasteiger partial charge in [0.15, 0.2) is 0 Å². The molecule has 1 rings (SSSR count). The van der Waals surface area contributed by atoms with E-state index >= 15 is 0 Å². The highest BCUT2D eigenvalue weighted by molar-refractivity contribution is 5.78. The highest BCUT2D eigenvalue weighted by atomic mass is 16.3. The molecule has 1 fully saturated rings. The predicted octanol–water partition coefficient (Wildman–Crippen LogP) is -0.517. The molecule has 0 heterocycles. The first-order valence-electron chi connectivity index (χ1n) is 4.83. The molecule has 13 heavy (non-hydrogen) atoms.